The van der Waals surface area contributed by atoms with Gasteiger partial charge in [-0.05, 0) is 33.1 Å². The Morgan fingerprint density at radius 3 is 2.64 bits per heavy atom. The Bertz CT molecular complexity index is 143. The zero-order chi connectivity index (χ0) is 10.9. The number of ether oxygens (including phenoxy) is 1. The van der Waals surface area contributed by atoms with Crippen LogP contribution in [0.5, 0.6) is 0 Å². The molecule has 0 aliphatic rings. The Kier molecular flexibility index (Phi) is 7.81. The molecule has 0 heterocycles. The van der Waals surface area contributed by atoms with E-state index in [9.17, 15) is 0 Å². The van der Waals surface area contributed by atoms with Gasteiger partial charge in [-0.2, -0.15) is 0 Å². The SMILES string of the molecule is C=CCCCOCCNC(C)(C)CC. The first kappa shape index (κ1) is 13.7. The summed E-state index contributed by atoms with van der Waals surface area (Å²) in [6.45, 7) is 12.9. The molecule has 0 bridgehead atoms. The molecule has 0 saturated heterocycles. The van der Waals surface area contributed by atoms with Crippen molar-refractivity contribution in [2.45, 2.75) is 45.6 Å². The minimum atomic E-state index is 0.241. The van der Waals surface area contributed by atoms with Crippen molar-refractivity contribution in [3.8, 4) is 0 Å². The van der Waals surface area contributed by atoms with Gasteiger partial charge in [0.25, 0.3) is 0 Å². The lowest BCUT2D eigenvalue weighted by Gasteiger charge is -2.24. The molecule has 0 radical (unpaired) electrons. The molecule has 0 aromatic carbocycles. The van der Waals surface area contributed by atoms with Crippen LogP contribution in [0, 0.1) is 0 Å². The first-order valence-corrected chi connectivity index (χ1v) is 5.56. The maximum Gasteiger partial charge on any atom is 0.0591 e. The average molecular weight is 199 g/mol. The van der Waals surface area contributed by atoms with E-state index in [0.717, 1.165) is 39.0 Å². The molecule has 2 heteroatoms. The molecule has 0 fully saturated rings. The van der Waals surface area contributed by atoms with E-state index in [1.807, 2.05) is 6.08 Å². The fraction of sp³-hybridized carbons (Fsp3) is 0.833. The molecule has 0 rings (SSSR count). The van der Waals surface area contributed by atoms with Crippen molar-refractivity contribution >= 4 is 0 Å². The van der Waals surface area contributed by atoms with Gasteiger partial charge < -0.3 is 10.1 Å². The van der Waals surface area contributed by atoms with Gasteiger partial charge in [-0.3, -0.25) is 0 Å². The quantitative estimate of drug-likeness (QED) is 0.455. The van der Waals surface area contributed by atoms with E-state index in [1.165, 1.54) is 0 Å². The molecule has 0 aromatic rings. The third kappa shape index (κ3) is 8.27. The highest BCUT2D eigenvalue weighted by Crippen LogP contribution is 2.05. The highest BCUT2D eigenvalue weighted by Gasteiger charge is 2.12. The molecule has 2 nitrogen and oxygen atoms in total. The zero-order valence-electron chi connectivity index (χ0n) is 9.94. The molecule has 14 heavy (non-hydrogen) atoms. The summed E-state index contributed by atoms with van der Waals surface area (Å²) in [7, 11) is 0. The predicted octanol–water partition coefficient (Wildman–Crippen LogP) is 2.75. The molecule has 84 valence electrons. The van der Waals surface area contributed by atoms with Crippen molar-refractivity contribution in [1.29, 1.82) is 0 Å². The predicted molar refractivity (Wildman–Crippen MR) is 62.6 cm³/mol. The highest BCUT2D eigenvalue weighted by molar-refractivity contribution is 4.74. The van der Waals surface area contributed by atoms with Crippen LogP contribution in [0.3, 0.4) is 0 Å². The standard InChI is InChI=1S/C12H25NO/c1-5-7-8-10-14-11-9-13-12(3,4)6-2/h5,13H,1,6-11H2,2-4H3. The molecular weight excluding hydrogens is 174 g/mol. The normalized spacial score (nSPS) is 11.6. The minimum absolute atomic E-state index is 0.241. The van der Waals surface area contributed by atoms with Gasteiger partial charge in [0, 0.05) is 18.7 Å². The van der Waals surface area contributed by atoms with E-state index in [0.29, 0.717) is 0 Å². The maximum atomic E-state index is 5.47. The number of unbranched alkanes of at least 4 members (excludes halogenated alkanes) is 1. The van der Waals surface area contributed by atoms with Crippen molar-refractivity contribution in [3.05, 3.63) is 12.7 Å². The largest absolute Gasteiger partial charge is 0.380 e. The number of hydrogen-bond donors (Lipinski definition) is 1. The Labute approximate surface area is 88.7 Å². The van der Waals surface area contributed by atoms with Gasteiger partial charge in [0.15, 0.2) is 0 Å². The monoisotopic (exact) mass is 199 g/mol. The smallest absolute Gasteiger partial charge is 0.0591 e. The maximum absolute atomic E-state index is 5.47. The van der Waals surface area contributed by atoms with Crippen LogP contribution < -0.4 is 5.32 Å². The minimum Gasteiger partial charge on any atom is -0.380 e. The fourth-order valence-corrected chi connectivity index (χ4v) is 1.02. The van der Waals surface area contributed by atoms with Crippen LogP contribution in [-0.2, 0) is 4.74 Å². The lowest BCUT2D eigenvalue weighted by atomic mass is 10.0. The number of allylic oxidation sites excluding steroid dienone is 1. The average Bonchev–Trinajstić information content (AvgIpc) is 2.16. The summed E-state index contributed by atoms with van der Waals surface area (Å²) in [6.07, 6.45) is 5.21. The Morgan fingerprint density at radius 1 is 1.36 bits per heavy atom. The van der Waals surface area contributed by atoms with Gasteiger partial charge in [-0.15, -0.1) is 6.58 Å². The first-order chi connectivity index (χ1) is 6.62. The van der Waals surface area contributed by atoms with Crippen molar-refractivity contribution in [2.75, 3.05) is 19.8 Å². The molecular formula is C12H25NO. The van der Waals surface area contributed by atoms with E-state index in [2.05, 4.69) is 32.7 Å². The van der Waals surface area contributed by atoms with E-state index in [4.69, 9.17) is 4.74 Å². The summed E-state index contributed by atoms with van der Waals surface area (Å²) in [4.78, 5) is 0. The van der Waals surface area contributed by atoms with E-state index in [-0.39, 0.29) is 5.54 Å². The molecule has 0 aliphatic heterocycles. The fourth-order valence-electron chi connectivity index (χ4n) is 1.02. The van der Waals surface area contributed by atoms with E-state index in [1.54, 1.807) is 0 Å². The second-order valence-corrected chi connectivity index (χ2v) is 4.21. The molecule has 0 saturated carbocycles. The molecule has 0 aromatic heterocycles. The second-order valence-electron chi connectivity index (χ2n) is 4.21. The topological polar surface area (TPSA) is 21.3 Å². The molecule has 0 atom stereocenters. The summed E-state index contributed by atoms with van der Waals surface area (Å²) in [5.41, 5.74) is 0.241. The summed E-state index contributed by atoms with van der Waals surface area (Å²) >= 11 is 0. The van der Waals surface area contributed by atoms with Crippen LogP contribution >= 0.6 is 0 Å². The third-order valence-corrected chi connectivity index (χ3v) is 2.43. The van der Waals surface area contributed by atoms with E-state index >= 15 is 0 Å². The van der Waals surface area contributed by atoms with Crippen LogP contribution in [0.4, 0.5) is 0 Å². The van der Waals surface area contributed by atoms with Crippen LogP contribution in [0.25, 0.3) is 0 Å². The summed E-state index contributed by atoms with van der Waals surface area (Å²) < 4.78 is 5.47. The Morgan fingerprint density at radius 2 is 2.07 bits per heavy atom. The van der Waals surface area contributed by atoms with E-state index < -0.39 is 0 Å². The Hall–Kier alpha value is -0.340. The van der Waals surface area contributed by atoms with Crippen LogP contribution in [-0.4, -0.2) is 25.3 Å². The number of rotatable bonds is 9. The number of hydrogen-bond acceptors (Lipinski definition) is 2. The molecule has 0 unspecified atom stereocenters. The lowest BCUT2D eigenvalue weighted by Crippen LogP contribution is -2.40. The first-order valence-electron chi connectivity index (χ1n) is 5.56. The van der Waals surface area contributed by atoms with Gasteiger partial charge in [0.1, 0.15) is 0 Å². The van der Waals surface area contributed by atoms with Crippen molar-refractivity contribution in [2.24, 2.45) is 0 Å². The molecule has 1 N–H and O–H groups in total. The molecule has 0 aliphatic carbocycles. The highest BCUT2D eigenvalue weighted by atomic mass is 16.5. The molecule has 0 spiro atoms. The van der Waals surface area contributed by atoms with Crippen molar-refractivity contribution < 1.29 is 4.74 Å². The number of nitrogens with one attached hydrogen (secondary N) is 1. The summed E-state index contributed by atoms with van der Waals surface area (Å²) in [6, 6.07) is 0. The van der Waals surface area contributed by atoms with Crippen LogP contribution in [0.15, 0.2) is 12.7 Å². The Balaban J connectivity index is 3.17. The summed E-state index contributed by atoms with van der Waals surface area (Å²) in [5.74, 6) is 0. The molecule has 0 amide bonds. The lowest BCUT2D eigenvalue weighted by molar-refractivity contribution is 0.128. The van der Waals surface area contributed by atoms with Crippen molar-refractivity contribution in [1.82, 2.24) is 5.32 Å². The zero-order valence-corrected chi connectivity index (χ0v) is 9.94. The van der Waals surface area contributed by atoms with Gasteiger partial charge in [-0.1, -0.05) is 13.0 Å². The van der Waals surface area contributed by atoms with Gasteiger partial charge >= 0.3 is 0 Å². The van der Waals surface area contributed by atoms with Gasteiger partial charge in [-0.25, -0.2) is 0 Å². The second kappa shape index (κ2) is 8.01. The van der Waals surface area contributed by atoms with Crippen molar-refractivity contribution in [3.63, 3.8) is 0 Å². The van der Waals surface area contributed by atoms with Gasteiger partial charge in [0.2, 0.25) is 0 Å². The summed E-state index contributed by atoms with van der Waals surface area (Å²) in [5, 5.41) is 3.45. The van der Waals surface area contributed by atoms with Crippen LogP contribution in [0.1, 0.15) is 40.0 Å². The van der Waals surface area contributed by atoms with Crippen LogP contribution in [0.2, 0.25) is 0 Å². The third-order valence-electron chi connectivity index (χ3n) is 2.43. The van der Waals surface area contributed by atoms with Gasteiger partial charge in [0.05, 0.1) is 6.61 Å².